The molecule has 0 aromatic carbocycles. The summed E-state index contributed by atoms with van der Waals surface area (Å²) in [6.07, 6.45) is 2.41. The molecule has 0 aliphatic heterocycles. The second kappa shape index (κ2) is 7.72. The number of aromatic nitrogens is 2. The van der Waals surface area contributed by atoms with Crippen LogP contribution in [0.2, 0.25) is 0 Å². The number of aryl methyl sites for hydroxylation is 2. The van der Waals surface area contributed by atoms with Crippen LogP contribution in [0.25, 0.3) is 0 Å². The maximum Gasteiger partial charge on any atom is 0.354 e. The summed E-state index contributed by atoms with van der Waals surface area (Å²) in [7, 11) is 4.21. The number of aromatic carboxylic acids is 1. The number of hydrogen-bond donors (Lipinski definition) is 1. The molecule has 2 aromatic heterocycles. The molecule has 0 saturated carbocycles. The minimum Gasteiger partial charge on any atom is -0.477 e. The predicted molar refractivity (Wildman–Crippen MR) is 82.4 cm³/mol. The van der Waals surface area contributed by atoms with Gasteiger partial charge in [-0.1, -0.05) is 0 Å². The topological polar surface area (TPSA) is 160 Å². The van der Waals surface area contributed by atoms with Crippen LogP contribution in [0.3, 0.4) is 0 Å². The van der Waals surface area contributed by atoms with E-state index in [9.17, 15) is 29.8 Å². The molecule has 0 radical (unpaired) electrons. The van der Waals surface area contributed by atoms with Gasteiger partial charge in [0.05, 0.1) is 29.4 Å². The van der Waals surface area contributed by atoms with E-state index in [1.54, 1.807) is 7.05 Å². The number of esters is 1. The van der Waals surface area contributed by atoms with Gasteiger partial charge in [0, 0.05) is 26.2 Å². The van der Waals surface area contributed by atoms with Gasteiger partial charge in [-0.3, -0.25) is 20.2 Å². The van der Waals surface area contributed by atoms with Gasteiger partial charge >= 0.3 is 11.9 Å². The van der Waals surface area contributed by atoms with Gasteiger partial charge < -0.3 is 19.0 Å². The van der Waals surface area contributed by atoms with Gasteiger partial charge in [-0.25, -0.2) is 9.59 Å². The zero-order valence-electron chi connectivity index (χ0n) is 13.4. The van der Waals surface area contributed by atoms with Crippen molar-refractivity contribution in [2.75, 3.05) is 7.11 Å². The van der Waals surface area contributed by atoms with Gasteiger partial charge in [-0.2, -0.15) is 0 Å². The quantitative estimate of drug-likeness (QED) is 0.489. The summed E-state index contributed by atoms with van der Waals surface area (Å²) in [6.45, 7) is 0. The zero-order chi connectivity index (χ0) is 19.3. The smallest absolute Gasteiger partial charge is 0.354 e. The summed E-state index contributed by atoms with van der Waals surface area (Å²) < 4.78 is 6.97. The Morgan fingerprint density at radius 3 is 1.68 bits per heavy atom. The molecule has 0 saturated heterocycles. The van der Waals surface area contributed by atoms with Crippen molar-refractivity contribution in [1.82, 2.24) is 9.13 Å². The second-order valence-corrected chi connectivity index (χ2v) is 4.70. The maximum atomic E-state index is 11.0. The summed E-state index contributed by atoms with van der Waals surface area (Å²) in [5.74, 6) is -1.76. The maximum absolute atomic E-state index is 11.0. The fourth-order valence-electron chi connectivity index (χ4n) is 1.81. The van der Waals surface area contributed by atoms with Crippen molar-refractivity contribution in [2.24, 2.45) is 14.1 Å². The van der Waals surface area contributed by atoms with Crippen LogP contribution in [-0.2, 0) is 18.8 Å². The van der Waals surface area contributed by atoms with Crippen LogP contribution in [0.5, 0.6) is 0 Å². The van der Waals surface area contributed by atoms with E-state index in [0.717, 1.165) is 12.3 Å². The first-order valence-corrected chi connectivity index (χ1v) is 6.51. The van der Waals surface area contributed by atoms with E-state index in [0.29, 0.717) is 0 Å². The minimum atomic E-state index is -1.18. The Kier molecular flexibility index (Phi) is 5.97. The van der Waals surface area contributed by atoms with Gasteiger partial charge in [0.2, 0.25) is 0 Å². The lowest BCUT2D eigenvalue weighted by Gasteiger charge is -1.97. The average molecular weight is 354 g/mol. The van der Waals surface area contributed by atoms with E-state index < -0.39 is 21.8 Å². The Labute approximate surface area is 140 Å². The van der Waals surface area contributed by atoms with Crippen LogP contribution >= 0.6 is 0 Å². The van der Waals surface area contributed by atoms with Gasteiger partial charge in [-0.05, 0) is 0 Å². The molecule has 2 rings (SSSR count). The molecule has 0 unspecified atom stereocenters. The average Bonchev–Trinajstić information content (AvgIpc) is 3.10. The van der Waals surface area contributed by atoms with Crippen molar-refractivity contribution >= 4 is 23.3 Å². The van der Waals surface area contributed by atoms with Crippen LogP contribution in [0.4, 0.5) is 11.4 Å². The number of ether oxygens (including phenoxy) is 1. The Morgan fingerprint density at radius 1 is 1.00 bits per heavy atom. The Bertz CT molecular complexity index is 835. The SMILES string of the molecule is COC(=O)c1cc([N+](=O)[O-])cn1C.Cn1cc([N+](=O)[O-])cc1C(=O)O. The fraction of sp³-hybridized carbons (Fsp3) is 0.231. The summed E-state index contributed by atoms with van der Waals surface area (Å²) in [4.78, 5) is 40.7. The molecule has 2 heterocycles. The molecule has 12 heteroatoms. The first-order chi connectivity index (χ1) is 11.6. The minimum absolute atomic E-state index is 0.0956. The lowest BCUT2D eigenvalue weighted by molar-refractivity contribution is -0.385. The molecule has 25 heavy (non-hydrogen) atoms. The lowest BCUT2D eigenvalue weighted by Crippen LogP contribution is -2.06. The highest BCUT2D eigenvalue weighted by molar-refractivity contribution is 5.88. The highest BCUT2D eigenvalue weighted by atomic mass is 16.6. The molecular formula is C13H14N4O8. The summed E-state index contributed by atoms with van der Waals surface area (Å²) in [5, 5.41) is 29.0. The Morgan fingerprint density at radius 2 is 1.40 bits per heavy atom. The molecule has 1 N–H and O–H groups in total. The van der Waals surface area contributed by atoms with Crippen molar-refractivity contribution < 1.29 is 29.3 Å². The molecule has 0 bridgehead atoms. The van der Waals surface area contributed by atoms with Crippen LogP contribution in [0.15, 0.2) is 24.5 Å². The third kappa shape index (κ3) is 4.63. The second-order valence-electron chi connectivity index (χ2n) is 4.70. The van der Waals surface area contributed by atoms with E-state index >= 15 is 0 Å². The number of methoxy groups -OCH3 is 1. The molecule has 0 amide bonds. The highest BCUT2D eigenvalue weighted by Crippen LogP contribution is 2.16. The molecular weight excluding hydrogens is 340 g/mol. The van der Waals surface area contributed by atoms with Crippen molar-refractivity contribution in [3.63, 3.8) is 0 Å². The monoisotopic (exact) mass is 354 g/mol. The Balaban J connectivity index is 0.000000251. The molecule has 0 atom stereocenters. The molecule has 0 spiro atoms. The number of nitro groups is 2. The number of nitrogens with zero attached hydrogens (tertiary/aromatic N) is 4. The van der Waals surface area contributed by atoms with Crippen molar-refractivity contribution in [1.29, 1.82) is 0 Å². The third-order valence-corrected chi connectivity index (χ3v) is 3.02. The summed E-state index contributed by atoms with van der Waals surface area (Å²) in [5.41, 5.74) is -0.270. The first-order valence-electron chi connectivity index (χ1n) is 6.51. The Hall–Kier alpha value is -3.70. The van der Waals surface area contributed by atoms with Gasteiger partial charge in [-0.15, -0.1) is 0 Å². The number of carbonyl (C=O) groups excluding carboxylic acids is 1. The van der Waals surface area contributed by atoms with Crippen LogP contribution < -0.4 is 0 Å². The van der Waals surface area contributed by atoms with Crippen LogP contribution in [0, 0.1) is 20.2 Å². The highest BCUT2D eigenvalue weighted by Gasteiger charge is 2.17. The van der Waals surface area contributed by atoms with E-state index in [-0.39, 0.29) is 22.8 Å². The van der Waals surface area contributed by atoms with Gasteiger partial charge in [0.1, 0.15) is 11.4 Å². The van der Waals surface area contributed by atoms with E-state index in [1.165, 1.54) is 35.6 Å². The van der Waals surface area contributed by atoms with Crippen LogP contribution in [-0.4, -0.2) is 43.1 Å². The molecule has 2 aromatic rings. The standard InChI is InChI=1S/C7H8N2O4.C6H6N2O4/c1-8-4-5(9(11)12)3-6(8)7(10)13-2;1-7-3-4(8(11)12)2-5(7)6(9)10/h3-4H,1-2H3;2-3H,1H3,(H,9,10). The van der Waals surface area contributed by atoms with Crippen molar-refractivity contribution in [3.8, 4) is 0 Å². The third-order valence-electron chi connectivity index (χ3n) is 3.02. The molecule has 134 valence electrons. The molecule has 0 fully saturated rings. The van der Waals surface area contributed by atoms with Crippen LogP contribution in [0.1, 0.15) is 21.0 Å². The van der Waals surface area contributed by atoms with Gasteiger partial charge in [0.15, 0.2) is 0 Å². The molecule has 12 nitrogen and oxygen atoms in total. The fourth-order valence-corrected chi connectivity index (χ4v) is 1.81. The largest absolute Gasteiger partial charge is 0.477 e. The number of carbonyl (C=O) groups is 2. The van der Waals surface area contributed by atoms with Crippen molar-refractivity contribution in [2.45, 2.75) is 0 Å². The summed E-state index contributed by atoms with van der Waals surface area (Å²) in [6, 6.07) is 2.19. The lowest BCUT2D eigenvalue weighted by atomic mass is 10.4. The normalized spacial score (nSPS) is 9.72. The van der Waals surface area contributed by atoms with E-state index in [1.807, 2.05) is 0 Å². The molecule has 0 aliphatic carbocycles. The predicted octanol–water partition coefficient (Wildman–Crippen LogP) is 1.35. The first kappa shape index (κ1) is 19.3. The molecule has 0 aliphatic rings. The van der Waals surface area contributed by atoms with Crippen molar-refractivity contribution in [3.05, 3.63) is 56.1 Å². The van der Waals surface area contributed by atoms with Gasteiger partial charge in [0.25, 0.3) is 11.4 Å². The van der Waals surface area contributed by atoms with E-state index in [2.05, 4.69) is 4.74 Å². The number of carboxylic acid groups (broad SMARTS) is 1. The summed E-state index contributed by atoms with van der Waals surface area (Å²) >= 11 is 0. The zero-order valence-corrected chi connectivity index (χ0v) is 13.4. The number of carboxylic acids is 1. The van der Waals surface area contributed by atoms with E-state index in [4.69, 9.17) is 5.11 Å². The number of hydrogen-bond acceptors (Lipinski definition) is 7. The number of rotatable bonds is 4.